The van der Waals surface area contributed by atoms with Gasteiger partial charge in [0.15, 0.2) is 0 Å². The van der Waals surface area contributed by atoms with Crippen LogP contribution >= 0.6 is 0 Å². The zero-order valence-electron chi connectivity index (χ0n) is 8.79. The molecule has 1 aliphatic carbocycles. The second-order valence-corrected chi connectivity index (χ2v) is 4.05. The van der Waals surface area contributed by atoms with Crippen molar-refractivity contribution in [1.29, 1.82) is 0 Å². The molecule has 0 aromatic heterocycles. The van der Waals surface area contributed by atoms with Crippen molar-refractivity contribution in [2.24, 2.45) is 5.73 Å². The molecule has 0 fully saturated rings. The summed E-state index contributed by atoms with van der Waals surface area (Å²) < 4.78 is 5.38. The van der Waals surface area contributed by atoms with E-state index in [2.05, 4.69) is 13.0 Å². The van der Waals surface area contributed by atoms with Crippen molar-refractivity contribution < 1.29 is 4.74 Å². The minimum Gasteiger partial charge on any atom is -0.496 e. The van der Waals surface area contributed by atoms with Gasteiger partial charge in [0, 0.05) is 11.6 Å². The molecule has 1 aromatic rings. The molecule has 0 heterocycles. The van der Waals surface area contributed by atoms with Crippen molar-refractivity contribution in [3.05, 3.63) is 29.3 Å². The fourth-order valence-corrected chi connectivity index (χ4v) is 2.32. The molecule has 2 atom stereocenters. The van der Waals surface area contributed by atoms with Gasteiger partial charge in [-0.15, -0.1) is 0 Å². The van der Waals surface area contributed by atoms with E-state index in [-0.39, 0.29) is 6.04 Å². The minimum atomic E-state index is 0.191. The molecule has 0 amide bonds. The quantitative estimate of drug-likeness (QED) is 0.740. The van der Waals surface area contributed by atoms with Crippen LogP contribution in [-0.4, -0.2) is 7.11 Å². The Morgan fingerprint density at radius 2 is 2.14 bits per heavy atom. The zero-order chi connectivity index (χ0) is 10.1. The number of hydrogen-bond acceptors (Lipinski definition) is 2. The van der Waals surface area contributed by atoms with Crippen LogP contribution in [0.2, 0.25) is 0 Å². The number of nitrogens with two attached hydrogens (primary N) is 1. The topological polar surface area (TPSA) is 35.2 Å². The Bertz CT molecular complexity index is 335. The first-order chi connectivity index (χ1) is 6.74. The molecule has 2 nitrogen and oxygen atoms in total. The van der Waals surface area contributed by atoms with Gasteiger partial charge in [0.1, 0.15) is 5.75 Å². The highest BCUT2D eigenvalue weighted by molar-refractivity contribution is 5.45. The second-order valence-electron chi connectivity index (χ2n) is 4.05. The largest absolute Gasteiger partial charge is 0.496 e. The van der Waals surface area contributed by atoms with Crippen LogP contribution in [0.1, 0.15) is 42.9 Å². The predicted molar refractivity (Wildman–Crippen MR) is 57.6 cm³/mol. The van der Waals surface area contributed by atoms with E-state index in [1.54, 1.807) is 7.11 Å². The average molecular weight is 191 g/mol. The lowest BCUT2D eigenvalue weighted by Gasteiger charge is -2.28. The van der Waals surface area contributed by atoms with Gasteiger partial charge in [-0.1, -0.05) is 19.1 Å². The van der Waals surface area contributed by atoms with Crippen molar-refractivity contribution in [3.8, 4) is 5.75 Å². The van der Waals surface area contributed by atoms with E-state index in [0.717, 1.165) is 18.6 Å². The Kier molecular flexibility index (Phi) is 2.46. The summed E-state index contributed by atoms with van der Waals surface area (Å²) in [6.45, 7) is 2.24. The highest BCUT2D eigenvalue weighted by Crippen LogP contribution is 2.40. The van der Waals surface area contributed by atoms with Crippen molar-refractivity contribution in [2.75, 3.05) is 7.11 Å². The highest BCUT2D eigenvalue weighted by atomic mass is 16.5. The molecule has 0 aliphatic heterocycles. The maximum absolute atomic E-state index is 6.08. The van der Waals surface area contributed by atoms with Crippen LogP contribution < -0.4 is 10.5 Å². The lowest BCUT2D eigenvalue weighted by atomic mass is 9.81. The molecule has 1 aromatic carbocycles. The first-order valence-electron chi connectivity index (χ1n) is 5.16. The fraction of sp³-hybridized carbons (Fsp3) is 0.500. The molecule has 1 aliphatic rings. The average Bonchev–Trinajstić information content (AvgIpc) is 2.23. The third kappa shape index (κ3) is 1.40. The predicted octanol–water partition coefficient (Wildman–Crippen LogP) is 2.59. The molecule has 0 spiro atoms. The molecule has 2 heteroatoms. The summed E-state index contributed by atoms with van der Waals surface area (Å²) in [5.74, 6) is 1.56. The number of ether oxygens (including phenoxy) is 1. The number of benzene rings is 1. The van der Waals surface area contributed by atoms with Crippen molar-refractivity contribution in [3.63, 3.8) is 0 Å². The van der Waals surface area contributed by atoms with Crippen LogP contribution in [0.15, 0.2) is 18.2 Å². The van der Waals surface area contributed by atoms with Gasteiger partial charge in [-0.2, -0.15) is 0 Å². The van der Waals surface area contributed by atoms with E-state index in [4.69, 9.17) is 10.5 Å². The van der Waals surface area contributed by atoms with Gasteiger partial charge in [-0.05, 0) is 30.4 Å². The van der Waals surface area contributed by atoms with E-state index in [9.17, 15) is 0 Å². The Hall–Kier alpha value is -1.02. The van der Waals surface area contributed by atoms with E-state index < -0.39 is 0 Å². The molecule has 14 heavy (non-hydrogen) atoms. The molecule has 2 unspecified atom stereocenters. The van der Waals surface area contributed by atoms with Gasteiger partial charge < -0.3 is 10.5 Å². The van der Waals surface area contributed by atoms with Crippen molar-refractivity contribution in [2.45, 2.75) is 31.7 Å². The summed E-state index contributed by atoms with van der Waals surface area (Å²) in [6.07, 6.45) is 2.25. The van der Waals surface area contributed by atoms with Gasteiger partial charge in [-0.3, -0.25) is 0 Å². The van der Waals surface area contributed by atoms with E-state index in [0.29, 0.717) is 5.92 Å². The molecule has 0 bridgehead atoms. The van der Waals surface area contributed by atoms with Crippen LogP contribution in [0.4, 0.5) is 0 Å². The Labute approximate surface area is 85.1 Å². The third-order valence-corrected chi connectivity index (χ3v) is 3.12. The molecular formula is C12H17NO. The monoisotopic (exact) mass is 191 g/mol. The SMILES string of the molecule is COc1cccc2c1C(C)CCC2N. The molecule has 0 saturated heterocycles. The Morgan fingerprint density at radius 1 is 1.36 bits per heavy atom. The van der Waals surface area contributed by atoms with Gasteiger partial charge in [0.2, 0.25) is 0 Å². The summed E-state index contributed by atoms with van der Waals surface area (Å²) in [5.41, 5.74) is 8.66. The van der Waals surface area contributed by atoms with Crippen molar-refractivity contribution >= 4 is 0 Å². The summed E-state index contributed by atoms with van der Waals surface area (Å²) in [4.78, 5) is 0. The van der Waals surface area contributed by atoms with Gasteiger partial charge >= 0.3 is 0 Å². The molecule has 76 valence electrons. The van der Waals surface area contributed by atoms with E-state index in [1.165, 1.54) is 11.1 Å². The van der Waals surface area contributed by atoms with Crippen molar-refractivity contribution in [1.82, 2.24) is 0 Å². The minimum absolute atomic E-state index is 0.191. The van der Waals surface area contributed by atoms with E-state index >= 15 is 0 Å². The second kappa shape index (κ2) is 3.62. The van der Waals surface area contributed by atoms with Crippen LogP contribution in [-0.2, 0) is 0 Å². The maximum atomic E-state index is 6.08. The fourth-order valence-electron chi connectivity index (χ4n) is 2.32. The molecule has 2 N–H and O–H groups in total. The molecule has 2 rings (SSSR count). The highest BCUT2D eigenvalue weighted by Gasteiger charge is 2.24. The number of hydrogen-bond donors (Lipinski definition) is 1. The lowest BCUT2D eigenvalue weighted by molar-refractivity contribution is 0.395. The first kappa shape index (κ1) is 9.53. The standard InChI is InChI=1S/C12H17NO/c1-8-6-7-10(13)9-4-3-5-11(14-2)12(8)9/h3-5,8,10H,6-7,13H2,1-2H3. The van der Waals surface area contributed by atoms with Gasteiger partial charge in [0.25, 0.3) is 0 Å². The van der Waals surface area contributed by atoms with Gasteiger partial charge in [-0.25, -0.2) is 0 Å². The first-order valence-corrected chi connectivity index (χ1v) is 5.16. The number of methoxy groups -OCH3 is 1. The number of fused-ring (bicyclic) bond motifs is 1. The van der Waals surface area contributed by atoms with Crippen LogP contribution in [0.25, 0.3) is 0 Å². The zero-order valence-corrected chi connectivity index (χ0v) is 8.79. The lowest BCUT2D eigenvalue weighted by Crippen LogP contribution is -2.19. The van der Waals surface area contributed by atoms with Gasteiger partial charge in [0.05, 0.1) is 7.11 Å². The van der Waals surface area contributed by atoms with E-state index in [1.807, 2.05) is 12.1 Å². The van der Waals surface area contributed by atoms with Crippen LogP contribution in [0.5, 0.6) is 5.75 Å². The molecular weight excluding hydrogens is 174 g/mol. The Morgan fingerprint density at radius 3 is 2.86 bits per heavy atom. The molecule has 0 saturated carbocycles. The summed E-state index contributed by atoms with van der Waals surface area (Å²) in [6, 6.07) is 6.36. The summed E-state index contributed by atoms with van der Waals surface area (Å²) >= 11 is 0. The Balaban J connectivity index is 2.54. The summed E-state index contributed by atoms with van der Waals surface area (Å²) in [7, 11) is 1.72. The smallest absolute Gasteiger partial charge is 0.122 e. The third-order valence-electron chi connectivity index (χ3n) is 3.12. The van der Waals surface area contributed by atoms with Crippen LogP contribution in [0.3, 0.4) is 0 Å². The molecule has 0 radical (unpaired) electrons. The maximum Gasteiger partial charge on any atom is 0.122 e. The van der Waals surface area contributed by atoms with Crippen LogP contribution in [0, 0.1) is 0 Å². The normalized spacial score (nSPS) is 25.6. The number of rotatable bonds is 1. The summed E-state index contributed by atoms with van der Waals surface area (Å²) in [5, 5.41) is 0.